The van der Waals surface area contributed by atoms with Gasteiger partial charge in [-0.1, -0.05) is 0 Å². The topological polar surface area (TPSA) is 82.9 Å². The van der Waals surface area contributed by atoms with Crippen molar-refractivity contribution in [3.63, 3.8) is 0 Å². The number of carbonyl (C=O) groups excluding carboxylic acids is 2. The summed E-state index contributed by atoms with van der Waals surface area (Å²) >= 11 is 0. The number of Topliss-reactive ketones (excluding diaryl/α,β-unsaturated/α-hetero) is 1. The summed E-state index contributed by atoms with van der Waals surface area (Å²) < 4.78 is 29.9. The van der Waals surface area contributed by atoms with Crippen molar-refractivity contribution in [3.05, 3.63) is 46.8 Å². The molecule has 8 nitrogen and oxygen atoms in total. The number of sulfonamides is 1. The molecule has 2 aliphatic heterocycles. The van der Waals surface area contributed by atoms with Gasteiger partial charge in [0.25, 0.3) is 0 Å². The van der Waals surface area contributed by atoms with Gasteiger partial charge in [0.2, 0.25) is 15.9 Å². The maximum atomic E-state index is 13.2. The number of rotatable bonds is 5. The molecule has 1 aromatic heterocycles. The van der Waals surface area contributed by atoms with Crippen LogP contribution in [0.4, 0.5) is 5.69 Å². The van der Waals surface area contributed by atoms with E-state index in [2.05, 4.69) is 0 Å². The van der Waals surface area contributed by atoms with Crippen LogP contribution in [0.5, 0.6) is 0 Å². The van der Waals surface area contributed by atoms with E-state index in [1.807, 2.05) is 36.4 Å². The fourth-order valence-corrected chi connectivity index (χ4v) is 6.04. The predicted octanol–water partition coefficient (Wildman–Crippen LogP) is 1.74. The van der Waals surface area contributed by atoms with Gasteiger partial charge < -0.3 is 9.47 Å². The fourth-order valence-electron chi connectivity index (χ4n) is 4.57. The van der Waals surface area contributed by atoms with Gasteiger partial charge in [0.1, 0.15) is 0 Å². The average Bonchev–Trinajstić information content (AvgIpc) is 3.30. The summed E-state index contributed by atoms with van der Waals surface area (Å²) in [7, 11) is -1.67. The molecule has 1 amide bonds. The van der Waals surface area contributed by atoms with Crippen LogP contribution < -0.4 is 4.90 Å². The molecule has 3 heterocycles. The van der Waals surface area contributed by atoms with Crippen LogP contribution in [0, 0.1) is 13.8 Å². The van der Waals surface area contributed by atoms with E-state index in [9.17, 15) is 18.0 Å². The van der Waals surface area contributed by atoms with E-state index in [1.54, 1.807) is 23.1 Å². The molecular formula is C23H30N4O4S. The van der Waals surface area contributed by atoms with Gasteiger partial charge in [0.05, 0.1) is 11.4 Å². The average molecular weight is 459 g/mol. The van der Waals surface area contributed by atoms with Crippen molar-refractivity contribution in [2.24, 2.45) is 7.05 Å². The third kappa shape index (κ3) is 4.00. The lowest BCUT2D eigenvalue weighted by Gasteiger charge is -2.33. The predicted molar refractivity (Wildman–Crippen MR) is 123 cm³/mol. The number of nitrogens with zero attached hydrogens (tertiary/aromatic N) is 4. The molecule has 32 heavy (non-hydrogen) atoms. The summed E-state index contributed by atoms with van der Waals surface area (Å²) in [6, 6.07) is 6.94. The molecule has 4 rings (SSSR count). The van der Waals surface area contributed by atoms with Gasteiger partial charge in [-0.3, -0.25) is 14.5 Å². The van der Waals surface area contributed by atoms with Gasteiger partial charge in [-0.25, -0.2) is 8.42 Å². The fraction of sp³-hybridized carbons (Fsp3) is 0.478. The number of aromatic nitrogens is 1. The normalized spacial score (nSPS) is 17.6. The third-order valence-electron chi connectivity index (χ3n) is 6.74. The van der Waals surface area contributed by atoms with Crippen LogP contribution >= 0.6 is 0 Å². The van der Waals surface area contributed by atoms with Crippen molar-refractivity contribution in [1.82, 2.24) is 13.8 Å². The highest BCUT2D eigenvalue weighted by atomic mass is 32.2. The minimum Gasteiger partial charge on any atom is -0.351 e. The Hall–Kier alpha value is -2.49. The zero-order valence-corrected chi connectivity index (χ0v) is 19.9. The number of anilines is 1. The van der Waals surface area contributed by atoms with Gasteiger partial charge in [0, 0.05) is 69.3 Å². The Morgan fingerprint density at radius 2 is 1.69 bits per heavy atom. The first-order valence-corrected chi connectivity index (χ1v) is 12.3. The number of ketones is 1. The molecule has 1 saturated heterocycles. The van der Waals surface area contributed by atoms with E-state index in [-0.39, 0.29) is 23.1 Å². The van der Waals surface area contributed by atoms with Crippen LogP contribution in [0.1, 0.15) is 34.2 Å². The quantitative estimate of drug-likeness (QED) is 0.638. The second kappa shape index (κ2) is 8.46. The van der Waals surface area contributed by atoms with Gasteiger partial charge in [-0.05, 0) is 50.1 Å². The number of hydrogen-bond acceptors (Lipinski definition) is 5. The smallest absolute Gasteiger partial charge is 0.243 e. The SMILES string of the molecule is CC(=O)N1CCc2cc(S(=O)(=O)N3CCN(CC(=O)c4cc(C)n(C)c4C)CC3)ccc21. The summed E-state index contributed by atoms with van der Waals surface area (Å²) in [4.78, 5) is 28.5. The minimum atomic E-state index is -3.62. The lowest BCUT2D eigenvalue weighted by atomic mass is 10.1. The number of carbonyl (C=O) groups is 2. The number of piperazine rings is 1. The molecule has 1 aromatic carbocycles. The van der Waals surface area contributed by atoms with Crippen molar-refractivity contribution < 1.29 is 18.0 Å². The second-order valence-electron chi connectivity index (χ2n) is 8.66. The molecule has 9 heteroatoms. The molecule has 172 valence electrons. The Kier molecular flexibility index (Phi) is 6.00. The van der Waals surface area contributed by atoms with E-state index < -0.39 is 10.0 Å². The van der Waals surface area contributed by atoms with Crippen LogP contribution in [-0.4, -0.2) is 73.1 Å². The van der Waals surface area contributed by atoms with Crippen molar-refractivity contribution in [2.75, 3.05) is 44.2 Å². The Labute approximate surface area is 189 Å². The maximum Gasteiger partial charge on any atom is 0.243 e. The first-order chi connectivity index (χ1) is 15.1. The van der Waals surface area contributed by atoms with Crippen LogP contribution in [0.15, 0.2) is 29.2 Å². The number of amides is 1. The van der Waals surface area contributed by atoms with E-state index >= 15 is 0 Å². The largest absolute Gasteiger partial charge is 0.351 e. The Morgan fingerprint density at radius 3 is 2.28 bits per heavy atom. The maximum absolute atomic E-state index is 13.2. The molecule has 1 fully saturated rings. The zero-order chi connectivity index (χ0) is 23.2. The Bertz CT molecular complexity index is 1180. The van der Waals surface area contributed by atoms with Gasteiger partial charge in [-0.2, -0.15) is 4.31 Å². The van der Waals surface area contributed by atoms with Gasteiger partial charge in [0.15, 0.2) is 5.78 Å². The van der Waals surface area contributed by atoms with E-state index in [1.165, 1.54) is 11.2 Å². The van der Waals surface area contributed by atoms with Crippen LogP contribution in [0.25, 0.3) is 0 Å². The molecule has 0 radical (unpaired) electrons. The summed E-state index contributed by atoms with van der Waals surface area (Å²) in [5.74, 6) is 0.0297. The molecule has 2 aliphatic rings. The molecule has 0 atom stereocenters. The van der Waals surface area contributed by atoms with Crippen molar-refractivity contribution >= 4 is 27.4 Å². The third-order valence-corrected chi connectivity index (χ3v) is 8.63. The molecule has 0 spiro atoms. The highest BCUT2D eigenvalue weighted by Gasteiger charge is 2.31. The Balaban J connectivity index is 1.41. The van der Waals surface area contributed by atoms with Crippen molar-refractivity contribution in [3.8, 4) is 0 Å². The first kappa shape index (κ1) is 22.7. The van der Waals surface area contributed by atoms with Crippen molar-refractivity contribution in [1.29, 1.82) is 0 Å². The molecule has 0 N–H and O–H groups in total. The van der Waals surface area contributed by atoms with Gasteiger partial charge >= 0.3 is 0 Å². The van der Waals surface area contributed by atoms with Crippen LogP contribution in [-0.2, 0) is 28.3 Å². The lowest BCUT2D eigenvalue weighted by Crippen LogP contribution is -2.49. The molecular weight excluding hydrogens is 428 g/mol. The highest BCUT2D eigenvalue weighted by molar-refractivity contribution is 7.89. The number of hydrogen-bond donors (Lipinski definition) is 0. The van der Waals surface area contributed by atoms with E-state index in [0.717, 1.165) is 28.2 Å². The molecule has 2 aromatic rings. The summed E-state index contributed by atoms with van der Waals surface area (Å²) in [5, 5.41) is 0. The standard InChI is InChI=1S/C23H30N4O4S/c1-16-13-21(17(2)24(16)4)23(29)15-25-9-11-26(12-10-25)32(30,31)20-5-6-22-19(14-20)7-8-27(22)18(3)28/h5-6,13-14H,7-12,15H2,1-4H3. The number of benzene rings is 1. The first-order valence-electron chi connectivity index (χ1n) is 10.9. The van der Waals surface area contributed by atoms with Gasteiger partial charge in [-0.15, -0.1) is 0 Å². The summed E-state index contributed by atoms with van der Waals surface area (Å²) in [6.45, 7) is 8.03. The molecule has 0 aliphatic carbocycles. The van der Waals surface area contributed by atoms with Crippen LogP contribution in [0.3, 0.4) is 0 Å². The number of fused-ring (bicyclic) bond motifs is 1. The lowest BCUT2D eigenvalue weighted by molar-refractivity contribution is -0.116. The minimum absolute atomic E-state index is 0.0362. The summed E-state index contributed by atoms with van der Waals surface area (Å²) in [6.07, 6.45) is 0.659. The molecule has 0 unspecified atom stereocenters. The zero-order valence-electron chi connectivity index (χ0n) is 19.1. The van der Waals surface area contributed by atoms with E-state index in [4.69, 9.17) is 0 Å². The monoisotopic (exact) mass is 458 g/mol. The highest BCUT2D eigenvalue weighted by Crippen LogP contribution is 2.31. The Morgan fingerprint density at radius 1 is 1.00 bits per heavy atom. The van der Waals surface area contributed by atoms with Crippen molar-refractivity contribution in [2.45, 2.75) is 32.1 Å². The second-order valence-corrected chi connectivity index (χ2v) is 10.6. The molecule has 0 saturated carbocycles. The molecule has 0 bridgehead atoms. The number of aryl methyl sites for hydroxylation is 1. The summed E-state index contributed by atoms with van der Waals surface area (Å²) in [5.41, 5.74) is 4.42. The van der Waals surface area contributed by atoms with E-state index in [0.29, 0.717) is 39.1 Å². The van der Waals surface area contributed by atoms with Crippen LogP contribution in [0.2, 0.25) is 0 Å².